The van der Waals surface area contributed by atoms with Crippen LogP contribution in [-0.4, -0.2) is 24.0 Å². The highest BCUT2D eigenvalue weighted by Crippen LogP contribution is 2.14. The highest BCUT2D eigenvalue weighted by atomic mass is 35.5. The van der Waals surface area contributed by atoms with Gasteiger partial charge in [-0.05, 0) is 24.1 Å². The molecule has 0 amide bonds. The second kappa shape index (κ2) is 7.36. The molecule has 1 aromatic rings. The molecular formula is C11H17Cl3N2. The summed E-state index contributed by atoms with van der Waals surface area (Å²) in [6.07, 6.45) is 1.12. The van der Waals surface area contributed by atoms with Crippen LogP contribution in [0, 0.1) is 0 Å². The summed E-state index contributed by atoms with van der Waals surface area (Å²) in [5, 5.41) is 0.798. The molecule has 1 aliphatic heterocycles. The van der Waals surface area contributed by atoms with Gasteiger partial charge in [-0.25, -0.2) is 0 Å². The number of halogens is 3. The highest BCUT2D eigenvalue weighted by molar-refractivity contribution is 6.30. The summed E-state index contributed by atoms with van der Waals surface area (Å²) in [5.74, 6) is 0. The van der Waals surface area contributed by atoms with Gasteiger partial charge in [0, 0.05) is 30.7 Å². The van der Waals surface area contributed by atoms with E-state index in [0.717, 1.165) is 31.1 Å². The Morgan fingerprint density at radius 3 is 2.38 bits per heavy atom. The van der Waals surface area contributed by atoms with Gasteiger partial charge in [0.15, 0.2) is 0 Å². The largest absolute Gasteiger partial charge is 0.326 e. The van der Waals surface area contributed by atoms with E-state index in [-0.39, 0.29) is 24.8 Å². The summed E-state index contributed by atoms with van der Waals surface area (Å²) in [4.78, 5) is 2.38. The van der Waals surface area contributed by atoms with Crippen molar-refractivity contribution in [1.82, 2.24) is 4.90 Å². The minimum absolute atomic E-state index is 0. The molecule has 2 rings (SSSR count). The monoisotopic (exact) mass is 282 g/mol. The van der Waals surface area contributed by atoms with Gasteiger partial charge in [0.1, 0.15) is 0 Å². The maximum absolute atomic E-state index is 5.84. The van der Waals surface area contributed by atoms with Crippen molar-refractivity contribution in [2.24, 2.45) is 5.73 Å². The number of hydrogen-bond donors (Lipinski definition) is 1. The molecule has 0 bridgehead atoms. The maximum atomic E-state index is 5.84. The van der Waals surface area contributed by atoms with Gasteiger partial charge in [0.05, 0.1) is 0 Å². The summed E-state index contributed by atoms with van der Waals surface area (Å²) in [6.45, 7) is 3.12. The predicted molar refractivity (Wildman–Crippen MR) is 73.8 cm³/mol. The first-order valence-corrected chi connectivity index (χ1v) is 5.34. The third kappa shape index (κ3) is 4.48. The third-order valence-electron chi connectivity index (χ3n) is 2.63. The van der Waals surface area contributed by atoms with Crippen molar-refractivity contribution in [3.63, 3.8) is 0 Å². The van der Waals surface area contributed by atoms with Crippen LogP contribution in [-0.2, 0) is 6.54 Å². The average Bonchev–Trinajstić information content (AvgIpc) is 2.56. The fraction of sp³-hybridized carbons (Fsp3) is 0.455. The summed E-state index contributed by atoms with van der Waals surface area (Å²) in [7, 11) is 0. The van der Waals surface area contributed by atoms with Crippen LogP contribution in [0.2, 0.25) is 5.02 Å². The second-order valence-corrected chi connectivity index (χ2v) is 4.35. The fourth-order valence-corrected chi connectivity index (χ4v) is 1.98. The zero-order chi connectivity index (χ0) is 9.97. The number of likely N-dealkylation sites (tertiary alicyclic amines) is 1. The minimum Gasteiger partial charge on any atom is -0.326 e. The molecule has 0 aliphatic carbocycles. The van der Waals surface area contributed by atoms with E-state index >= 15 is 0 Å². The van der Waals surface area contributed by atoms with Crippen LogP contribution >= 0.6 is 36.4 Å². The lowest BCUT2D eigenvalue weighted by molar-refractivity contribution is 0.327. The molecule has 1 saturated heterocycles. The molecule has 1 aromatic carbocycles. The third-order valence-corrected chi connectivity index (χ3v) is 2.88. The molecular weight excluding hydrogens is 266 g/mol. The van der Waals surface area contributed by atoms with E-state index in [1.54, 1.807) is 0 Å². The molecule has 0 unspecified atom stereocenters. The van der Waals surface area contributed by atoms with E-state index < -0.39 is 0 Å². The van der Waals surface area contributed by atoms with Crippen LogP contribution < -0.4 is 5.73 Å². The molecule has 1 heterocycles. The van der Waals surface area contributed by atoms with Crippen LogP contribution in [0.15, 0.2) is 24.3 Å². The molecule has 1 fully saturated rings. The van der Waals surface area contributed by atoms with Gasteiger partial charge in [-0.15, -0.1) is 24.8 Å². The van der Waals surface area contributed by atoms with Crippen molar-refractivity contribution in [2.75, 3.05) is 13.1 Å². The van der Waals surface area contributed by atoms with Crippen molar-refractivity contribution >= 4 is 36.4 Å². The Morgan fingerprint density at radius 2 is 1.88 bits per heavy atom. The molecule has 0 aromatic heterocycles. The lowest BCUT2D eigenvalue weighted by atomic mass is 10.2. The fourth-order valence-electron chi connectivity index (χ4n) is 1.85. The van der Waals surface area contributed by atoms with Crippen LogP contribution in [0.5, 0.6) is 0 Å². The second-order valence-electron chi connectivity index (χ2n) is 3.91. The Balaban J connectivity index is 0.00000112. The Hall–Kier alpha value is 0.01000. The molecule has 2 N–H and O–H groups in total. The molecule has 16 heavy (non-hydrogen) atoms. The van der Waals surface area contributed by atoms with E-state index in [9.17, 15) is 0 Å². The molecule has 0 radical (unpaired) electrons. The Labute approximate surface area is 114 Å². The molecule has 0 spiro atoms. The lowest BCUT2D eigenvalue weighted by Crippen LogP contribution is -2.26. The average molecular weight is 284 g/mol. The topological polar surface area (TPSA) is 29.3 Å². The highest BCUT2D eigenvalue weighted by Gasteiger charge is 2.18. The molecule has 0 saturated carbocycles. The standard InChI is InChI=1S/C11H15ClN2.2ClH/c12-10-3-1-9(2-4-10)7-14-6-5-11(13)8-14;;/h1-4,11H,5-8,13H2;2*1H/t11-;;/m0../s1. The summed E-state index contributed by atoms with van der Waals surface area (Å²) < 4.78 is 0. The van der Waals surface area contributed by atoms with Gasteiger partial charge in [-0.3, -0.25) is 4.90 Å². The zero-order valence-electron chi connectivity index (χ0n) is 8.93. The van der Waals surface area contributed by atoms with Crippen molar-refractivity contribution in [2.45, 2.75) is 19.0 Å². The van der Waals surface area contributed by atoms with Crippen LogP contribution in [0.1, 0.15) is 12.0 Å². The Bertz CT molecular complexity index is 303. The van der Waals surface area contributed by atoms with E-state index in [1.807, 2.05) is 12.1 Å². The van der Waals surface area contributed by atoms with E-state index in [4.69, 9.17) is 17.3 Å². The Kier molecular flexibility index (Phi) is 7.36. The summed E-state index contributed by atoms with van der Waals surface area (Å²) >= 11 is 5.82. The molecule has 1 aliphatic rings. The molecule has 5 heteroatoms. The van der Waals surface area contributed by atoms with Crippen molar-refractivity contribution in [3.8, 4) is 0 Å². The molecule has 1 atom stereocenters. The summed E-state index contributed by atoms with van der Waals surface area (Å²) in [5.41, 5.74) is 7.15. The lowest BCUT2D eigenvalue weighted by Gasteiger charge is -2.14. The van der Waals surface area contributed by atoms with Gasteiger partial charge < -0.3 is 5.73 Å². The number of rotatable bonds is 2. The van der Waals surface area contributed by atoms with Crippen molar-refractivity contribution < 1.29 is 0 Å². The summed E-state index contributed by atoms with van der Waals surface area (Å²) in [6, 6.07) is 8.39. The number of nitrogens with zero attached hydrogens (tertiary/aromatic N) is 1. The van der Waals surface area contributed by atoms with Crippen LogP contribution in [0.25, 0.3) is 0 Å². The smallest absolute Gasteiger partial charge is 0.0406 e. The molecule has 2 nitrogen and oxygen atoms in total. The maximum Gasteiger partial charge on any atom is 0.0406 e. The van der Waals surface area contributed by atoms with E-state index in [0.29, 0.717) is 6.04 Å². The first-order valence-electron chi connectivity index (χ1n) is 4.96. The van der Waals surface area contributed by atoms with Gasteiger partial charge >= 0.3 is 0 Å². The normalized spacial score (nSPS) is 20.0. The van der Waals surface area contributed by atoms with Crippen molar-refractivity contribution in [3.05, 3.63) is 34.9 Å². The van der Waals surface area contributed by atoms with E-state index in [2.05, 4.69) is 17.0 Å². The van der Waals surface area contributed by atoms with Gasteiger partial charge in [0.2, 0.25) is 0 Å². The minimum atomic E-state index is 0. The van der Waals surface area contributed by atoms with Gasteiger partial charge in [0.25, 0.3) is 0 Å². The van der Waals surface area contributed by atoms with Crippen molar-refractivity contribution in [1.29, 1.82) is 0 Å². The Morgan fingerprint density at radius 1 is 1.25 bits per heavy atom. The van der Waals surface area contributed by atoms with Gasteiger partial charge in [-0.1, -0.05) is 23.7 Å². The first-order chi connectivity index (χ1) is 6.74. The van der Waals surface area contributed by atoms with Gasteiger partial charge in [-0.2, -0.15) is 0 Å². The quantitative estimate of drug-likeness (QED) is 0.904. The number of benzene rings is 1. The first kappa shape index (κ1) is 16.0. The van der Waals surface area contributed by atoms with E-state index in [1.165, 1.54) is 5.56 Å². The van der Waals surface area contributed by atoms with Crippen LogP contribution in [0.4, 0.5) is 0 Å². The predicted octanol–water partition coefficient (Wildman–Crippen LogP) is 2.72. The zero-order valence-corrected chi connectivity index (χ0v) is 11.3. The number of hydrogen-bond acceptors (Lipinski definition) is 2. The SMILES string of the molecule is Cl.Cl.N[C@H]1CCN(Cc2ccc(Cl)cc2)C1. The number of nitrogens with two attached hydrogens (primary N) is 1. The molecule has 92 valence electrons. The van der Waals surface area contributed by atoms with Crippen LogP contribution in [0.3, 0.4) is 0 Å².